The Hall–Kier alpha value is -1.93. The largest absolute Gasteiger partial charge is 0.452 e. The predicted octanol–water partition coefficient (Wildman–Crippen LogP) is 2.03. The highest BCUT2D eigenvalue weighted by molar-refractivity contribution is 7.89. The fraction of sp³-hybridized carbons (Fsp3) is 0.556. The van der Waals surface area contributed by atoms with Crippen molar-refractivity contribution in [3.63, 3.8) is 0 Å². The van der Waals surface area contributed by atoms with Gasteiger partial charge in [-0.25, -0.2) is 17.5 Å². The Bertz CT molecular complexity index is 712. The third-order valence-corrected chi connectivity index (χ3v) is 5.62. The van der Waals surface area contributed by atoms with Gasteiger partial charge in [0.05, 0.1) is 10.5 Å². The van der Waals surface area contributed by atoms with Gasteiger partial charge in [0, 0.05) is 20.1 Å². The van der Waals surface area contributed by atoms with Crippen molar-refractivity contribution >= 4 is 21.9 Å². The molecule has 0 unspecified atom stereocenters. The summed E-state index contributed by atoms with van der Waals surface area (Å²) in [4.78, 5) is 23.9. The SMILES string of the molecule is CC(C)CC[C@H](C)NC(=O)COC(=O)c1ccc(S(=O)(=O)N(C)C)cc1. The molecular formula is C18H28N2O5S. The number of benzene rings is 1. The lowest BCUT2D eigenvalue weighted by Crippen LogP contribution is -2.36. The van der Waals surface area contributed by atoms with E-state index in [1.54, 1.807) is 0 Å². The Kier molecular flexibility index (Phi) is 8.23. The summed E-state index contributed by atoms with van der Waals surface area (Å²) < 4.78 is 30.0. The van der Waals surface area contributed by atoms with E-state index in [0.29, 0.717) is 5.92 Å². The first-order valence-electron chi connectivity index (χ1n) is 8.53. The molecule has 8 heteroatoms. The molecule has 0 radical (unpaired) electrons. The van der Waals surface area contributed by atoms with E-state index in [0.717, 1.165) is 17.1 Å². The molecule has 0 spiro atoms. The molecule has 0 fully saturated rings. The summed E-state index contributed by atoms with van der Waals surface area (Å²) in [5.41, 5.74) is 0.184. The van der Waals surface area contributed by atoms with E-state index in [4.69, 9.17) is 4.74 Å². The van der Waals surface area contributed by atoms with Crippen molar-refractivity contribution in [3.8, 4) is 0 Å². The van der Waals surface area contributed by atoms with Gasteiger partial charge >= 0.3 is 5.97 Å². The number of rotatable bonds is 9. The minimum Gasteiger partial charge on any atom is -0.452 e. The molecule has 0 aromatic heterocycles. The summed E-state index contributed by atoms with van der Waals surface area (Å²) >= 11 is 0. The molecule has 0 aliphatic rings. The lowest BCUT2D eigenvalue weighted by molar-refractivity contribution is -0.124. The van der Waals surface area contributed by atoms with Gasteiger partial charge in [-0.05, 0) is 49.9 Å². The second-order valence-corrected chi connectivity index (χ2v) is 8.98. The summed E-state index contributed by atoms with van der Waals surface area (Å²) in [6.07, 6.45) is 1.86. The van der Waals surface area contributed by atoms with Gasteiger partial charge < -0.3 is 10.1 Å². The summed E-state index contributed by atoms with van der Waals surface area (Å²) in [7, 11) is -0.696. The molecule has 1 amide bonds. The molecule has 0 aliphatic carbocycles. The number of ether oxygens (including phenoxy) is 1. The maximum absolute atomic E-state index is 12.0. The van der Waals surface area contributed by atoms with Gasteiger partial charge in [-0.3, -0.25) is 4.79 Å². The molecule has 0 bridgehead atoms. The third-order valence-electron chi connectivity index (χ3n) is 3.79. The van der Waals surface area contributed by atoms with Crippen LogP contribution in [0.1, 0.15) is 44.0 Å². The lowest BCUT2D eigenvalue weighted by atomic mass is 10.0. The molecule has 0 saturated heterocycles. The van der Waals surface area contributed by atoms with Crippen LogP contribution in [0.25, 0.3) is 0 Å². The molecule has 1 atom stereocenters. The Morgan fingerprint density at radius 2 is 1.65 bits per heavy atom. The van der Waals surface area contributed by atoms with Gasteiger partial charge in [-0.15, -0.1) is 0 Å². The van der Waals surface area contributed by atoms with E-state index in [2.05, 4.69) is 19.2 Å². The van der Waals surface area contributed by atoms with E-state index >= 15 is 0 Å². The number of nitrogens with one attached hydrogen (secondary N) is 1. The fourth-order valence-corrected chi connectivity index (χ4v) is 3.06. The van der Waals surface area contributed by atoms with Crippen LogP contribution in [-0.4, -0.2) is 51.3 Å². The molecule has 1 N–H and O–H groups in total. The van der Waals surface area contributed by atoms with Crippen molar-refractivity contribution in [1.82, 2.24) is 9.62 Å². The van der Waals surface area contributed by atoms with Crippen molar-refractivity contribution in [2.45, 2.75) is 44.6 Å². The van der Waals surface area contributed by atoms with Crippen molar-refractivity contribution < 1.29 is 22.7 Å². The number of hydrogen-bond donors (Lipinski definition) is 1. The normalized spacial score (nSPS) is 12.9. The molecule has 1 aromatic rings. The number of nitrogens with zero attached hydrogens (tertiary/aromatic N) is 1. The van der Waals surface area contributed by atoms with Crippen LogP contribution in [0.15, 0.2) is 29.2 Å². The summed E-state index contributed by atoms with van der Waals surface area (Å²) in [6, 6.07) is 5.41. The Labute approximate surface area is 155 Å². The van der Waals surface area contributed by atoms with Crippen molar-refractivity contribution in [3.05, 3.63) is 29.8 Å². The quantitative estimate of drug-likeness (QED) is 0.658. The second-order valence-electron chi connectivity index (χ2n) is 6.83. The molecule has 0 saturated carbocycles. The summed E-state index contributed by atoms with van der Waals surface area (Å²) in [6.45, 7) is 5.77. The summed E-state index contributed by atoms with van der Waals surface area (Å²) in [5.74, 6) is -0.475. The van der Waals surface area contributed by atoms with Crippen molar-refractivity contribution in [2.75, 3.05) is 20.7 Å². The van der Waals surface area contributed by atoms with Crippen molar-refractivity contribution in [1.29, 1.82) is 0 Å². The van der Waals surface area contributed by atoms with Gasteiger partial charge in [0.1, 0.15) is 0 Å². The molecule has 7 nitrogen and oxygen atoms in total. The molecule has 0 heterocycles. The Morgan fingerprint density at radius 3 is 2.15 bits per heavy atom. The number of amides is 1. The average molecular weight is 384 g/mol. The van der Waals surface area contributed by atoms with Crippen LogP contribution in [0, 0.1) is 5.92 Å². The second kappa shape index (κ2) is 9.68. The number of carbonyl (C=O) groups is 2. The monoisotopic (exact) mass is 384 g/mol. The minimum atomic E-state index is -3.55. The summed E-state index contributed by atoms with van der Waals surface area (Å²) in [5, 5.41) is 2.78. The van der Waals surface area contributed by atoms with Crippen LogP contribution in [0.2, 0.25) is 0 Å². The molecule has 1 aromatic carbocycles. The highest BCUT2D eigenvalue weighted by atomic mass is 32.2. The van der Waals surface area contributed by atoms with Crippen LogP contribution in [0.4, 0.5) is 0 Å². The smallest absolute Gasteiger partial charge is 0.338 e. The maximum atomic E-state index is 12.0. The first kappa shape index (κ1) is 22.1. The van der Waals surface area contributed by atoms with E-state index < -0.39 is 16.0 Å². The zero-order chi connectivity index (χ0) is 19.9. The van der Waals surface area contributed by atoms with Gasteiger partial charge in [-0.1, -0.05) is 13.8 Å². The highest BCUT2D eigenvalue weighted by Gasteiger charge is 2.18. The van der Waals surface area contributed by atoms with Gasteiger partial charge in [-0.2, -0.15) is 0 Å². The Balaban J connectivity index is 2.54. The van der Waals surface area contributed by atoms with E-state index in [1.807, 2.05) is 6.92 Å². The average Bonchev–Trinajstić information content (AvgIpc) is 2.57. The van der Waals surface area contributed by atoms with Crippen molar-refractivity contribution in [2.24, 2.45) is 5.92 Å². The van der Waals surface area contributed by atoms with Gasteiger partial charge in [0.15, 0.2) is 6.61 Å². The highest BCUT2D eigenvalue weighted by Crippen LogP contribution is 2.14. The zero-order valence-electron chi connectivity index (χ0n) is 16.0. The molecule has 1 rings (SSSR count). The lowest BCUT2D eigenvalue weighted by Gasteiger charge is -2.15. The van der Waals surface area contributed by atoms with Gasteiger partial charge in [0.2, 0.25) is 10.0 Å². The van der Waals surface area contributed by atoms with E-state index in [9.17, 15) is 18.0 Å². The van der Waals surface area contributed by atoms with E-state index in [1.165, 1.54) is 38.4 Å². The van der Waals surface area contributed by atoms with Crippen LogP contribution in [0.5, 0.6) is 0 Å². The molecule has 0 aliphatic heterocycles. The van der Waals surface area contributed by atoms with E-state index in [-0.39, 0.29) is 29.0 Å². The van der Waals surface area contributed by atoms with Crippen LogP contribution in [-0.2, 0) is 19.6 Å². The number of esters is 1. The topological polar surface area (TPSA) is 92.8 Å². The molecule has 146 valence electrons. The predicted molar refractivity (Wildman–Crippen MR) is 99.3 cm³/mol. The maximum Gasteiger partial charge on any atom is 0.338 e. The first-order valence-corrected chi connectivity index (χ1v) is 9.97. The Morgan fingerprint density at radius 1 is 1.08 bits per heavy atom. The van der Waals surface area contributed by atoms with Gasteiger partial charge in [0.25, 0.3) is 5.91 Å². The standard InChI is InChI=1S/C18H28N2O5S/c1-13(2)6-7-14(3)19-17(21)12-25-18(22)15-8-10-16(11-9-15)26(23,24)20(4)5/h8-11,13-14H,6-7,12H2,1-5H3,(H,19,21)/t14-/m0/s1. The number of sulfonamides is 1. The first-order chi connectivity index (χ1) is 12.0. The molecular weight excluding hydrogens is 356 g/mol. The van der Waals surface area contributed by atoms with Crippen LogP contribution >= 0.6 is 0 Å². The number of carbonyl (C=O) groups excluding carboxylic acids is 2. The molecule has 26 heavy (non-hydrogen) atoms. The number of hydrogen-bond acceptors (Lipinski definition) is 5. The zero-order valence-corrected chi connectivity index (χ0v) is 16.8. The van der Waals surface area contributed by atoms with Crippen LogP contribution < -0.4 is 5.32 Å². The third kappa shape index (κ3) is 6.76. The fourth-order valence-electron chi connectivity index (χ4n) is 2.16. The van der Waals surface area contributed by atoms with Crippen LogP contribution in [0.3, 0.4) is 0 Å². The minimum absolute atomic E-state index is 0.0131.